The number of halogens is 3. The molecule has 0 spiro atoms. The summed E-state index contributed by atoms with van der Waals surface area (Å²) in [5.41, 5.74) is 11.0. The number of carbonyl (C=O) groups excluding carboxylic acids is 1. The molecule has 8 aromatic rings. The second kappa shape index (κ2) is 85.1. The molecule has 8 rings (SSSR count). The van der Waals surface area contributed by atoms with Gasteiger partial charge in [-0.05, 0) is 98.7 Å². The molecular weight excluding hydrogens is 1800 g/mol. The number of carbonyl (C=O) groups is 2. The maximum Gasteiger partial charge on any atom is 0.394 e. The topological polar surface area (TPSA) is 499 Å². The van der Waals surface area contributed by atoms with E-state index in [0.717, 1.165) is 120 Å². The molecule has 5 aromatic carbocycles. The molecule has 0 aliphatic rings. The number of rotatable bonds is 40. The van der Waals surface area contributed by atoms with E-state index in [1.165, 1.54) is 31.5 Å². The number of nitrogens with one attached hydrogen (secondary N) is 9. The quantitative estimate of drug-likeness (QED) is 0.00323. The van der Waals surface area contributed by atoms with Gasteiger partial charge >= 0.3 is 28.2 Å². The van der Waals surface area contributed by atoms with Gasteiger partial charge in [0, 0.05) is 84.0 Å². The number of nitrogens with zero attached hydrogens (tertiary/aromatic N) is 10. The van der Waals surface area contributed by atoms with Crippen LogP contribution in [0.1, 0.15) is 170 Å². The fourth-order valence-electron chi connectivity index (χ4n) is 7.64. The van der Waals surface area contributed by atoms with E-state index in [2.05, 4.69) is 175 Å². The zero-order chi connectivity index (χ0) is 88.7. The van der Waals surface area contributed by atoms with Crippen LogP contribution in [-0.4, -0.2) is 151 Å². The van der Waals surface area contributed by atoms with Crippen LogP contribution < -0.4 is 63.9 Å². The van der Waals surface area contributed by atoms with Crippen LogP contribution in [0.3, 0.4) is 0 Å². The molecule has 681 valence electrons. The molecule has 36 nitrogen and oxygen atoms in total. The number of hydrogen-bond donors (Lipinski definition) is 13. The molecule has 0 unspecified atom stereocenters. The smallest absolute Gasteiger partial charge is 0.394 e. The molecule has 0 fully saturated rings. The van der Waals surface area contributed by atoms with E-state index >= 15 is 0 Å². The van der Waals surface area contributed by atoms with Crippen molar-refractivity contribution in [2.45, 2.75) is 175 Å². The molecule has 0 saturated carbocycles. The van der Waals surface area contributed by atoms with Crippen LogP contribution in [0.4, 0.5) is 47.6 Å². The number of carboxylic acids is 1. The third kappa shape index (κ3) is 81.0. The van der Waals surface area contributed by atoms with Gasteiger partial charge in [0.05, 0.1) is 26.4 Å². The summed E-state index contributed by atoms with van der Waals surface area (Å²) in [7, 11) is -9.58. The summed E-state index contributed by atoms with van der Waals surface area (Å²) in [6.45, 7) is 36.5. The number of hydroxylamine groups is 4. The van der Waals surface area contributed by atoms with Gasteiger partial charge in [0.1, 0.15) is 19.5 Å². The minimum absolute atomic E-state index is 0. The number of anilines is 8. The standard InChI is InChI=1S/2C18H28N6O.C9H16ClN5.C9H13NO.C9H11NO.C7H9NO.C4H8I.C2H4O2.C2H4O.CH4.ClH.2H2O4S.V/c2*1-4-12-19-16-21-17(20-13-5-2)23-18(22-16)24(6-3)25-14-15-10-8-7-9-11-15;1-3-5-11-8-13-7(10)14-9(15-8)12-6-4-2;2*1-2-10-11-8-9-6-4-3-5-7-9;8-9-6-7-4-2-1-3-5-7;1-2-3-4-5;1-2(3)4;1-2-3;;;2*1-5(2,3)4;/h2*7-11H,4-6,12-14H2,1-3H3,(H2,19,20,21,22,23);3-6H2,1-2H3,(H2,11,12,13,14,15);3-7,10H,2,8H2,1H3;2-7,10H,1,8H2;1-5H,6,8H2;4H,2-3H2,1H3;1H3,(H,3,4);2H,1H3;1H4;1H;2*(H2,1,2,3,4);/q;;;;;;-1;;;;;;;. The number of aldehydes is 1. The van der Waals surface area contributed by atoms with E-state index < -0.39 is 26.8 Å². The van der Waals surface area contributed by atoms with Crippen molar-refractivity contribution in [2.24, 2.45) is 5.90 Å². The monoisotopic (exact) mass is 1930 g/mol. The van der Waals surface area contributed by atoms with Crippen molar-refractivity contribution >= 4 is 127 Å². The Morgan fingerprint density at radius 1 is 0.537 bits per heavy atom. The average molecular weight is 1930 g/mol. The molecule has 3 heterocycles. The van der Waals surface area contributed by atoms with Gasteiger partial charge < -0.3 is 68.9 Å². The summed E-state index contributed by atoms with van der Waals surface area (Å²) in [4.78, 5) is 81.9. The van der Waals surface area contributed by atoms with E-state index in [-0.39, 0.29) is 43.7 Å². The Labute approximate surface area is 753 Å². The molecule has 1 radical (unpaired) electrons. The SMILES string of the molecule is C.C=CNOCc1ccccc1.CC(=O)O.CC=O.CCCNc1nc(Cl)nc(NCCC)n1.CCCNc1nc(NCCC)[nH+]c(N(CC)OCc2ccccc2)n1.CCCNc1nc(NCCC)nc(N(CC)OCc2ccccc2)n1.CCC[CH-]I.CCNOCc1ccccc1.Cl.NOCc1ccccc1.O=S(=O)(O)O.O=S(=O)([O-])O.[V]. The van der Waals surface area contributed by atoms with Gasteiger partial charge in [-0.15, -0.1) is 12.4 Å². The Bertz CT molecular complexity index is 3710. The number of aromatic nitrogens is 9. The summed E-state index contributed by atoms with van der Waals surface area (Å²) in [6, 6.07) is 50.0. The van der Waals surface area contributed by atoms with E-state index in [9.17, 15) is 0 Å². The maximum absolute atomic E-state index is 9.00. The normalized spacial score (nSPS) is 9.64. The van der Waals surface area contributed by atoms with Gasteiger partial charge in [0.2, 0.25) is 39.5 Å². The molecule has 42 heteroatoms. The average Bonchev–Trinajstić information content (AvgIpc) is 0.850. The van der Waals surface area contributed by atoms with E-state index in [1.807, 2.05) is 172 Å². The number of aliphatic carboxylic acids is 1. The number of H-pyrrole nitrogens is 1. The summed E-state index contributed by atoms with van der Waals surface area (Å²) in [6.07, 6.45) is 10.8. The first-order valence-electron chi connectivity index (χ1n) is 38.1. The second-order valence-electron chi connectivity index (χ2n) is 23.1. The van der Waals surface area contributed by atoms with Crippen molar-refractivity contribution in [1.82, 2.24) is 50.8 Å². The third-order valence-electron chi connectivity index (χ3n) is 12.7. The number of aromatic amines is 1. The number of hydrogen-bond acceptors (Lipinski definition) is 31. The zero-order valence-electron chi connectivity index (χ0n) is 70.6. The fraction of sp³-hybridized carbons (Fsp3) is 0.443. The maximum atomic E-state index is 9.00. The first kappa shape index (κ1) is 123. The number of carboxylic acid groups (broad SMARTS) is 1. The number of benzene rings is 5. The predicted molar refractivity (Wildman–Crippen MR) is 488 cm³/mol. The molecule has 0 aliphatic heterocycles. The van der Waals surface area contributed by atoms with Crippen LogP contribution in [0.2, 0.25) is 5.28 Å². The number of nitrogens with two attached hydrogens (primary N) is 1. The second-order valence-corrected chi connectivity index (χ2v) is 26.1. The molecule has 3 aromatic heterocycles. The Morgan fingerprint density at radius 3 is 1.12 bits per heavy atom. The van der Waals surface area contributed by atoms with Gasteiger partial charge in [-0.3, -0.25) is 47.7 Å². The first-order chi connectivity index (χ1) is 56.6. The first-order valence-corrected chi connectivity index (χ1v) is 42.5. The number of unbranched alkanes of at least 4 members (excludes halogenated alkanes) is 1. The largest absolute Gasteiger partial charge is 0.726 e. The molecule has 121 heavy (non-hydrogen) atoms. The van der Waals surface area contributed by atoms with Crippen LogP contribution in [0.5, 0.6) is 0 Å². The van der Waals surface area contributed by atoms with Crippen molar-refractivity contribution in [2.75, 3.05) is 101 Å². The minimum atomic E-state index is -4.92. The van der Waals surface area contributed by atoms with Gasteiger partial charge in [-0.2, -0.15) is 49.8 Å². The molecule has 15 N–H and O–H groups in total. The summed E-state index contributed by atoms with van der Waals surface area (Å²) in [5.74, 6) is 8.61. The Kier molecular flexibility index (Phi) is 86.8. The van der Waals surface area contributed by atoms with Crippen LogP contribution in [0, 0.1) is 4.43 Å². The van der Waals surface area contributed by atoms with Crippen molar-refractivity contribution in [3.63, 3.8) is 0 Å². The Hall–Kier alpha value is -8.44. The van der Waals surface area contributed by atoms with E-state index in [0.29, 0.717) is 93.7 Å². The Balaban J connectivity index is -0.000000319. The van der Waals surface area contributed by atoms with E-state index in [4.69, 9.17) is 86.6 Å². The van der Waals surface area contributed by atoms with Gasteiger partial charge in [0.15, 0.2) is 0 Å². The molecule has 0 bridgehead atoms. The van der Waals surface area contributed by atoms with Crippen LogP contribution in [0.25, 0.3) is 0 Å². The molecule has 0 atom stereocenters. The van der Waals surface area contributed by atoms with Crippen LogP contribution in [0.15, 0.2) is 164 Å². The summed E-state index contributed by atoms with van der Waals surface area (Å²) in [5, 5.41) is 30.2. The van der Waals surface area contributed by atoms with Crippen molar-refractivity contribution in [3.05, 3.63) is 202 Å². The van der Waals surface area contributed by atoms with Crippen LogP contribution in [-0.2, 0) is 106 Å². The molecular formula is C79H130Cl2IN20O16S2V-. The van der Waals surface area contributed by atoms with E-state index in [1.54, 1.807) is 10.1 Å². The third-order valence-corrected chi connectivity index (χ3v) is 13.5. The van der Waals surface area contributed by atoms with Crippen molar-refractivity contribution < 1.29 is 97.5 Å². The fourth-order valence-corrected chi connectivity index (χ4v) is 8.42. The predicted octanol–water partition coefficient (Wildman–Crippen LogP) is 15.3. The molecule has 0 aliphatic carbocycles. The Morgan fingerprint density at radius 2 is 0.835 bits per heavy atom. The molecule has 0 saturated heterocycles. The van der Waals surface area contributed by atoms with Gasteiger partial charge in [0.25, 0.3) is 11.9 Å². The summed E-state index contributed by atoms with van der Waals surface area (Å²) < 4.78 is 66.6. The van der Waals surface area contributed by atoms with Crippen molar-refractivity contribution in [1.29, 1.82) is 0 Å². The van der Waals surface area contributed by atoms with Gasteiger partial charge in [-0.25, -0.2) is 34.7 Å². The minimum Gasteiger partial charge on any atom is -0.726 e. The van der Waals surface area contributed by atoms with Crippen molar-refractivity contribution in [3.8, 4) is 0 Å². The molecule has 0 amide bonds. The summed E-state index contributed by atoms with van der Waals surface area (Å²) >= 11 is 8.03. The van der Waals surface area contributed by atoms with Crippen LogP contribution >= 0.6 is 46.6 Å². The zero-order valence-corrected chi connectivity index (χ0v) is 77.4. The van der Waals surface area contributed by atoms with Gasteiger partial charge in [-0.1, -0.05) is 237 Å².